The Balaban J connectivity index is 0.897. The van der Waals surface area contributed by atoms with Gasteiger partial charge in [-0.3, -0.25) is 34.1 Å². The first kappa shape index (κ1) is 44.4. The molecule has 5 heterocycles. The largest absolute Gasteiger partial charge is 0.493 e. The number of imide groups is 1. The van der Waals surface area contributed by atoms with Crippen molar-refractivity contribution in [3.05, 3.63) is 111 Å². The molecule has 0 saturated carbocycles. The summed E-state index contributed by atoms with van der Waals surface area (Å²) < 4.78 is 30.0. The third kappa shape index (κ3) is 8.34. The van der Waals surface area contributed by atoms with Crippen LogP contribution in [0.2, 0.25) is 5.02 Å². The molecule has 2 saturated heterocycles. The Morgan fingerprint density at radius 3 is 2.44 bits per heavy atom. The minimum Gasteiger partial charge on any atom is -0.493 e. The Hall–Kier alpha value is -6.78. The van der Waals surface area contributed by atoms with Gasteiger partial charge in [-0.15, -0.1) is 0 Å². The van der Waals surface area contributed by atoms with Gasteiger partial charge in [0.2, 0.25) is 11.8 Å². The fourth-order valence-corrected chi connectivity index (χ4v) is 9.99. The lowest BCUT2D eigenvalue weighted by atomic mass is 9.98. The number of aromatic nitrogens is 3. The predicted octanol–water partition coefficient (Wildman–Crippen LogP) is 6.30. The highest BCUT2D eigenvalue weighted by molar-refractivity contribution is 6.35. The first-order valence-electron chi connectivity index (χ1n) is 22.1. The Morgan fingerprint density at radius 2 is 1.70 bits per heavy atom. The van der Waals surface area contributed by atoms with Gasteiger partial charge < -0.3 is 28.9 Å². The van der Waals surface area contributed by atoms with Crippen LogP contribution in [0.15, 0.2) is 66.7 Å². The summed E-state index contributed by atoms with van der Waals surface area (Å²) in [6.45, 7) is 6.79. The highest BCUT2D eigenvalue weighted by Gasteiger charge is 2.40. The minimum atomic E-state index is -1.07. The predicted molar refractivity (Wildman–Crippen MR) is 244 cm³/mol. The first-order valence-corrected chi connectivity index (χ1v) is 22.4. The number of ether oxygens (including phenoxy) is 2. The van der Waals surface area contributed by atoms with Gasteiger partial charge in [0.05, 0.1) is 29.4 Å². The van der Waals surface area contributed by atoms with E-state index in [4.69, 9.17) is 21.1 Å². The van der Waals surface area contributed by atoms with Crippen molar-refractivity contribution in [3.8, 4) is 22.6 Å². The van der Waals surface area contributed by atoms with E-state index in [9.17, 15) is 33.5 Å². The van der Waals surface area contributed by atoms with Crippen LogP contribution >= 0.6 is 11.6 Å². The normalized spacial score (nSPS) is 16.6. The third-order valence-corrected chi connectivity index (χ3v) is 13.4. The van der Waals surface area contributed by atoms with Crippen molar-refractivity contribution in [2.75, 3.05) is 45.9 Å². The molecule has 66 heavy (non-hydrogen) atoms. The molecule has 342 valence electrons. The van der Waals surface area contributed by atoms with Gasteiger partial charge in [-0.1, -0.05) is 41.9 Å². The van der Waals surface area contributed by atoms with Crippen molar-refractivity contribution in [2.24, 2.45) is 7.05 Å². The lowest BCUT2D eigenvalue weighted by Gasteiger charge is -2.35. The number of piperidine rings is 1. The number of fused-ring (bicyclic) bond motifs is 3. The number of hydrogen-bond donors (Lipinski definition) is 2. The lowest BCUT2D eigenvalue weighted by Crippen LogP contribution is -2.52. The number of nitrogens with one attached hydrogen (secondary N) is 1. The molecular formula is C49H49ClFN7O8. The van der Waals surface area contributed by atoms with Gasteiger partial charge in [0, 0.05) is 91.5 Å². The molecule has 2 N–H and O–H groups in total. The molecule has 1 atom stereocenters. The second-order valence-electron chi connectivity index (χ2n) is 17.0. The van der Waals surface area contributed by atoms with Crippen molar-refractivity contribution in [1.29, 1.82) is 0 Å². The summed E-state index contributed by atoms with van der Waals surface area (Å²) >= 11 is 7.05. The van der Waals surface area contributed by atoms with E-state index >= 15 is 0 Å². The zero-order valence-electron chi connectivity index (χ0n) is 36.9. The first-order chi connectivity index (χ1) is 31.8. The van der Waals surface area contributed by atoms with Crippen LogP contribution in [0.5, 0.6) is 11.5 Å². The molecule has 0 bridgehead atoms. The monoisotopic (exact) mass is 917 g/mol. The Kier molecular flexibility index (Phi) is 12.3. The number of carboxylic acid groups (broad SMARTS) is 1. The van der Waals surface area contributed by atoms with Crippen molar-refractivity contribution in [1.82, 2.24) is 34.4 Å². The quantitative estimate of drug-likeness (QED) is 0.0935. The van der Waals surface area contributed by atoms with Gasteiger partial charge in [0.15, 0.2) is 6.61 Å². The van der Waals surface area contributed by atoms with Crippen LogP contribution in [0.1, 0.15) is 62.6 Å². The zero-order valence-corrected chi connectivity index (χ0v) is 37.6. The number of piperazine rings is 1. The molecule has 3 aliphatic rings. The number of nitrogens with zero attached hydrogens (tertiary/aromatic N) is 6. The standard InChI is InChI=1S/C49H49ClFN7O8/c1-28-43(29(2)54(3)53-28)44-37(50)15-14-33-32(9-6-24-65-39-10-4-7-30-12-13-31(51)25-35(30)39)46(49(63)64)57(45(33)44)23-20-55-18-21-56(22-19-55)42(60)27-66-40-11-5-8-34-36(40)26-58(48(34)62)38-16-17-41(59)52-47(38)61/h4-5,7-8,10-15,25,38H,6,9,16-24,26-27H2,1-3H3,(H,63,64)(H,52,59,61). The van der Waals surface area contributed by atoms with Crippen molar-refractivity contribution in [3.63, 3.8) is 0 Å². The van der Waals surface area contributed by atoms with E-state index in [1.54, 1.807) is 39.9 Å². The van der Waals surface area contributed by atoms with Gasteiger partial charge in [-0.05, 0) is 80.5 Å². The molecule has 4 amide bonds. The number of carbonyl (C=O) groups is 5. The molecule has 2 aromatic heterocycles. The minimum absolute atomic E-state index is 0.129. The molecule has 17 heteroatoms. The number of aromatic carboxylic acids is 1. The van der Waals surface area contributed by atoms with E-state index in [2.05, 4.69) is 15.3 Å². The highest BCUT2D eigenvalue weighted by atomic mass is 35.5. The van der Waals surface area contributed by atoms with E-state index in [1.807, 2.05) is 49.7 Å². The van der Waals surface area contributed by atoms with Crippen LogP contribution in [-0.4, -0.2) is 116 Å². The number of halogens is 2. The zero-order chi connectivity index (χ0) is 46.4. The summed E-state index contributed by atoms with van der Waals surface area (Å²) in [7, 11) is 1.86. The van der Waals surface area contributed by atoms with Crippen molar-refractivity contribution in [2.45, 2.75) is 58.7 Å². The Morgan fingerprint density at radius 1 is 0.924 bits per heavy atom. The van der Waals surface area contributed by atoms with Crippen LogP contribution in [0.4, 0.5) is 4.39 Å². The Bertz CT molecular complexity index is 2960. The number of amides is 4. The molecule has 3 aliphatic heterocycles. The summed E-state index contributed by atoms with van der Waals surface area (Å²) in [5.74, 6) is -1.89. The second-order valence-corrected chi connectivity index (χ2v) is 17.4. The molecule has 4 aromatic carbocycles. The summed E-state index contributed by atoms with van der Waals surface area (Å²) in [6.07, 6.45) is 1.26. The van der Waals surface area contributed by atoms with Gasteiger partial charge in [0.25, 0.3) is 11.8 Å². The number of aryl methyl sites for hydroxylation is 3. The summed E-state index contributed by atoms with van der Waals surface area (Å²) in [6, 6.07) is 18.1. The second kappa shape index (κ2) is 18.2. The maximum absolute atomic E-state index is 14.2. The number of benzene rings is 4. The average Bonchev–Trinajstić information content (AvgIpc) is 3.90. The molecule has 1 unspecified atom stereocenters. The SMILES string of the molecule is Cc1nn(C)c(C)c1-c1c(Cl)ccc2c(CCCOc3cccc4ccc(F)cc34)c(C(=O)O)n(CCN3CCN(C(=O)COc4cccc5c4CN(C4CCC(=O)NC4=O)C5=O)CC3)c12. The van der Waals surface area contributed by atoms with E-state index in [0.717, 1.165) is 27.7 Å². The van der Waals surface area contributed by atoms with Gasteiger partial charge >= 0.3 is 5.97 Å². The average molecular weight is 918 g/mol. The van der Waals surface area contributed by atoms with Crippen molar-refractivity contribution < 1.29 is 42.9 Å². The van der Waals surface area contributed by atoms with E-state index in [0.29, 0.717) is 102 Å². The third-order valence-electron chi connectivity index (χ3n) is 13.1. The van der Waals surface area contributed by atoms with Crippen LogP contribution < -0.4 is 14.8 Å². The molecule has 0 radical (unpaired) electrons. The van der Waals surface area contributed by atoms with Crippen LogP contribution in [0.3, 0.4) is 0 Å². The number of carboxylic acids is 1. The van der Waals surface area contributed by atoms with E-state index < -0.39 is 17.9 Å². The molecule has 0 aliphatic carbocycles. The molecule has 9 rings (SSSR count). The van der Waals surface area contributed by atoms with Crippen molar-refractivity contribution >= 4 is 62.9 Å². The number of carbonyl (C=O) groups excluding carboxylic acids is 4. The summed E-state index contributed by atoms with van der Waals surface area (Å²) in [5, 5.41) is 20.7. The maximum atomic E-state index is 14.2. The smallest absolute Gasteiger partial charge is 0.352 e. The number of hydrogen-bond acceptors (Lipinski definition) is 9. The fourth-order valence-electron chi connectivity index (χ4n) is 9.75. The molecule has 15 nitrogen and oxygen atoms in total. The maximum Gasteiger partial charge on any atom is 0.352 e. The Labute approximate surface area is 384 Å². The van der Waals surface area contributed by atoms with Gasteiger partial charge in [-0.2, -0.15) is 5.10 Å². The fraction of sp³-hybridized carbons (Fsp3) is 0.347. The molecule has 6 aromatic rings. The summed E-state index contributed by atoms with van der Waals surface area (Å²) in [5.41, 5.74) is 5.74. The van der Waals surface area contributed by atoms with Crippen LogP contribution in [-0.2, 0) is 40.9 Å². The summed E-state index contributed by atoms with van der Waals surface area (Å²) in [4.78, 5) is 69.8. The van der Waals surface area contributed by atoms with Gasteiger partial charge in [0.1, 0.15) is 29.1 Å². The lowest BCUT2D eigenvalue weighted by molar-refractivity contribution is -0.137. The van der Waals surface area contributed by atoms with E-state index in [1.165, 1.54) is 17.0 Å². The van der Waals surface area contributed by atoms with Gasteiger partial charge in [-0.25, -0.2) is 9.18 Å². The topological polar surface area (TPSA) is 169 Å². The van der Waals surface area contributed by atoms with Crippen LogP contribution in [0.25, 0.3) is 32.8 Å². The number of rotatable bonds is 14. The van der Waals surface area contributed by atoms with Crippen LogP contribution in [0, 0.1) is 19.7 Å². The molecular weight excluding hydrogens is 869 g/mol. The molecule has 0 spiro atoms. The molecule has 2 fully saturated rings. The van der Waals surface area contributed by atoms with E-state index in [-0.39, 0.29) is 61.8 Å². The highest BCUT2D eigenvalue weighted by Crippen LogP contribution is 2.42.